The molecule has 2 N–H and O–H groups in total. The highest BCUT2D eigenvalue weighted by atomic mass is 32.1. The second-order valence-electron chi connectivity index (χ2n) is 9.72. The van der Waals surface area contributed by atoms with Crippen LogP contribution >= 0.6 is 12.2 Å². The predicted molar refractivity (Wildman–Crippen MR) is 153 cm³/mol. The summed E-state index contributed by atoms with van der Waals surface area (Å²) in [6, 6.07) is 21.4. The maximum atomic E-state index is 5.61. The summed E-state index contributed by atoms with van der Waals surface area (Å²) in [6.45, 7) is 4.72. The number of nitrogens with one attached hydrogen (secondary N) is 2. The van der Waals surface area contributed by atoms with E-state index in [1.54, 1.807) is 0 Å². The monoisotopic (exact) mass is 500 g/mol. The number of benzene rings is 2. The van der Waals surface area contributed by atoms with Crippen molar-refractivity contribution in [1.82, 2.24) is 15.3 Å². The zero-order valence-electron chi connectivity index (χ0n) is 21.0. The van der Waals surface area contributed by atoms with E-state index in [0.29, 0.717) is 11.1 Å². The van der Waals surface area contributed by atoms with Crippen LogP contribution in [0, 0.1) is 0 Å². The lowest BCUT2D eigenvalue weighted by Gasteiger charge is -2.31. The Kier molecular flexibility index (Phi) is 8.28. The first kappa shape index (κ1) is 24.5. The minimum Gasteiger partial charge on any atom is -0.362 e. The molecule has 2 aliphatic heterocycles. The number of hydrogen-bond acceptors (Lipinski definition) is 5. The van der Waals surface area contributed by atoms with Crippen molar-refractivity contribution in [1.29, 1.82) is 0 Å². The third kappa shape index (κ3) is 6.52. The topological polar surface area (TPSA) is 56.3 Å². The predicted octanol–water partition coefficient (Wildman–Crippen LogP) is 5.34. The van der Waals surface area contributed by atoms with E-state index >= 15 is 0 Å². The summed E-state index contributed by atoms with van der Waals surface area (Å²) in [5.74, 6) is 2.54. The second kappa shape index (κ2) is 12.2. The lowest BCUT2D eigenvalue weighted by atomic mass is 10.00. The second-order valence-corrected chi connectivity index (χ2v) is 10.1. The molecule has 0 bridgehead atoms. The Morgan fingerprint density at radius 1 is 0.806 bits per heavy atom. The van der Waals surface area contributed by atoms with E-state index < -0.39 is 0 Å². The van der Waals surface area contributed by atoms with Crippen molar-refractivity contribution in [2.75, 3.05) is 41.3 Å². The van der Waals surface area contributed by atoms with E-state index in [9.17, 15) is 0 Å². The Hall–Kier alpha value is -3.19. The summed E-state index contributed by atoms with van der Waals surface area (Å²) in [4.78, 5) is 14.6. The van der Waals surface area contributed by atoms with Crippen molar-refractivity contribution in [2.24, 2.45) is 0 Å². The Morgan fingerprint density at radius 3 is 2.28 bits per heavy atom. The van der Waals surface area contributed by atoms with Crippen LogP contribution in [0.15, 0.2) is 60.7 Å². The molecule has 0 spiro atoms. The standard InChI is InChI=1S/C29H36N6S/c36-29(30-17-10-13-23-11-4-3-5-12-23)33-28-31-26(34-18-8-1-2-9-19-34)21-27(32-28)35-20-16-24-14-6-7-15-25(24)22-35/h3-7,11-12,14-15,21H,1-2,8-10,13,16-20,22H2,(H2,30,31,32,33,36). The van der Waals surface area contributed by atoms with Crippen molar-refractivity contribution < 1.29 is 0 Å². The molecule has 2 aliphatic rings. The molecule has 7 heteroatoms. The number of fused-ring (bicyclic) bond motifs is 1. The van der Waals surface area contributed by atoms with Gasteiger partial charge in [0.15, 0.2) is 5.11 Å². The zero-order chi connectivity index (χ0) is 24.6. The van der Waals surface area contributed by atoms with E-state index in [1.165, 1.54) is 42.4 Å². The molecule has 0 saturated carbocycles. The molecule has 5 rings (SSSR count). The van der Waals surface area contributed by atoms with Crippen LogP contribution in [0.4, 0.5) is 17.6 Å². The minimum absolute atomic E-state index is 0.575. The van der Waals surface area contributed by atoms with E-state index in [-0.39, 0.29) is 0 Å². The van der Waals surface area contributed by atoms with E-state index in [2.05, 4.69) is 81.1 Å². The smallest absolute Gasteiger partial charge is 0.232 e. The summed E-state index contributed by atoms with van der Waals surface area (Å²) < 4.78 is 0. The SMILES string of the molecule is S=C(NCCCc1ccccc1)Nc1nc(N2CCCCCC2)cc(N2CCc3ccccc3C2)n1. The molecule has 0 unspecified atom stereocenters. The average molecular weight is 501 g/mol. The van der Waals surface area contributed by atoms with Gasteiger partial charge in [0.05, 0.1) is 0 Å². The fourth-order valence-corrected chi connectivity index (χ4v) is 5.27. The molecule has 1 aromatic heterocycles. The molecule has 3 aromatic rings. The Balaban J connectivity index is 1.28. The van der Waals surface area contributed by atoms with Gasteiger partial charge in [-0.3, -0.25) is 0 Å². The van der Waals surface area contributed by atoms with Crippen molar-refractivity contribution >= 4 is 34.9 Å². The fraction of sp³-hybridized carbons (Fsp3) is 0.414. The fourth-order valence-electron chi connectivity index (χ4n) is 5.08. The number of aromatic nitrogens is 2. The van der Waals surface area contributed by atoms with Gasteiger partial charge in [-0.1, -0.05) is 67.4 Å². The van der Waals surface area contributed by atoms with E-state index in [4.69, 9.17) is 22.2 Å². The Bertz CT molecular complexity index is 1140. The quantitative estimate of drug-likeness (QED) is 0.335. The van der Waals surface area contributed by atoms with Crippen LogP contribution in [0.1, 0.15) is 48.8 Å². The van der Waals surface area contributed by atoms with E-state index in [0.717, 1.165) is 63.6 Å². The summed E-state index contributed by atoms with van der Waals surface area (Å²) >= 11 is 5.61. The van der Waals surface area contributed by atoms with Crippen LogP contribution in [-0.2, 0) is 19.4 Å². The van der Waals surface area contributed by atoms with Gasteiger partial charge >= 0.3 is 0 Å². The number of rotatable bonds is 7. The van der Waals surface area contributed by atoms with Gasteiger partial charge in [-0.15, -0.1) is 0 Å². The first-order chi connectivity index (χ1) is 17.7. The highest BCUT2D eigenvalue weighted by molar-refractivity contribution is 7.80. The Morgan fingerprint density at radius 2 is 1.50 bits per heavy atom. The van der Waals surface area contributed by atoms with Gasteiger partial charge in [0.1, 0.15) is 11.6 Å². The summed E-state index contributed by atoms with van der Waals surface area (Å²) in [6.07, 6.45) is 8.07. The lowest BCUT2D eigenvalue weighted by Crippen LogP contribution is -2.33. The molecule has 1 saturated heterocycles. The number of aryl methyl sites for hydroxylation is 1. The molecule has 36 heavy (non-hydrogen) atoms. The molecule has 2 aromatic carbocycles. The van der Waals surface area contributed by atoms with Crippen LogP contribution in [0.3, 0.4) is 0 Å². The summed E-state index contributed by atoms with van der Waals surface area (Å²) in [5, 5.41) is 7.19. The first-order valence-electron chi connectivity index (χ1n) is 13.3. The van der Waals surface area contributed by atoms with Gasteiger partial charge in [-0.25, -0.2) is 0 Å². The van der Waals surface area contributed by atoms with Gasteiger partial charge in [-0.05, 0) is 61.0 Å². The molecule has 0 radical (unpaired) electrons. The third-order valence-electron chi connectivity index (χ3n) is 7.08. The van der Waals surface area contributed by atoms with Crippen molar-refractivity contribution in [3.8, 4) is 0 Å². The van der Waals surface area contributed by atoms with Crippen LogP contribution < -0.4 is 20.4 Å². The van der Waals surface area contributed by atoms with Crippen LogP contribution in [0.2, 0.25) is 0 Å². The zero-order valence-corrected chi connectivity index (χ0v) is 21.8. The molecule has 1 fully saturated rings. The first-order valence-corrected chi connectivity index (χ1v) is 13.7. The number of thiocarbonyl (C=S) groups is 1. The minimum atomic E-state index is 0.575. The highest BCUT2D eigenvalue weighted by Crippen LogP contribution is 2.28. The molecule has 0 amide bonds. The molecule has 0 atom stereocenters. The normalized spacial score (nSPS) is 15.7. The molecule has 6 nitrogen and oxygen atoms in total. The van der Waals surface area contributed by atoms with Gasteiger partial charge in [-0.2, -0.15) is 9.97 Å². The van der Waals surface area contributed by atoms with Gasteiger partial charge in [0, 0.05) is 38.8 Å². The maximum absolute atomic E-state index is 5.61. The van der Waals surface area contributed by atoms with Crippen LogP contribution in [0.5, 0.6) is 0 Å². The van der Waals surface area contributed by atoms with Crippen LogP contribution in [-0.4, -0.2) is 41.3 Å². The van der Waals surface area contributed by atoms with Gasteiger partial charge in [0.25, 0.3) is 0 Å². The molecule has 3 heterocycles. The van der Waals surface area contributed by atoms with Gasteiger partial charge < -0.3 is 20.4 Å². The third-order valence-corrected chi connectivity index (χ3v) is 7.33. The maximum Gasteiger partial charge on any atom is 0.232 e. The van der Waals surface area contributed by atoms with Crippen molar-refractivity contribution in [2.45, 2.75) is 51.5 Å². The van der Waals surface area contributed by atoms with Crippen molar-refractivity contribution in [3.63, 3.8) is 0 Å². The summed E-state index contributed by atoms with van der Waals surface area (Å²) in [5.41, 5.74) is 4.16. The molecular weight excluding hydrogens is 464 g/mol. The number of nitrogens with zero attached hydrogens (tertiary/aromatic N) is 4. The largest absolute Gasteiger partial charge is 0.362 e. The highest BCUT2D eigenvalue weighted by Gasteiger charge is 2.21. The average Bonchev–Trinajstić information content (AvgIpc) is 3.21. The lowest BCUT2D eigenvalue weighted by molar-refractivity contribution is 0.717. The Labute approximate surface area is 220 Å². The molecule has 0 aliphatic carbocycles. The summed E-state index contributed by atoms with van der Waals surface area (Å²) in [7, 11) is 0. The molecular formula is C29H36N6S. The molecule has 188 valence electrons. The van der Waals surface area contributed by atoms with Crippen LogP contribution in [0.25, 0.3) is 0 Å². The van der Waals surface area contributed by atoms with Crippen molar-refractivity contribution in [3.05, 3.63) is 77.4 Å². The number of hydrogen-bond donors (Lipinski definition) is 2. The van der Waals surface area contributed by atoms with Gasteiger partial charge in [0.2, 0.25) is 5.95 Å². The number of anilines is 3. The van der Waals surface area contributed by atoms with E-state index in [1.807, 2.05) is 0 Å².